The van der Waals surface area contributed by atoms with Crippen LogP contribution < -0.4 is 14.8 Å². The molecule has 1 N–H and O–H groups in total. The second-order valence-electron chi connectivity index (χ2n) is 13.6. The van der Waals surface area contributed by atoms with E-state index in [2.05, 4.69) is 17.4 Å². The molecule has 0 bridgehead atoms. The molecule has 1 saturated heterocycles. The van der Waals surface area contributed by atoms with E-state index in [1.165, 1.54) is 0 Å². The van der Waals surface area contributed by atoms with Gasteiger partial charge in [0.15, 0.2) is 5.78 Å². The van der Waals surface area contributed by atoms with Gasteiger partial charge in [-0.05, 0) is 82.0 Å². The fourth-order valence-electron chi connectivity index (χ4n) is 5.89. The number of nitrogens with one attached hydrogen (secondary N) is 1. The third-order valence-corrected chi connectivity index (χ3v) is 8.50. The van der Waals surface area contributed by atoms with E-state index in [0.29, 0.717) is 52.5 Å². The number of Topliss-reactive ketones (excluding diaryl/α,β-unsaturated/α-hetero) is 1. The first-order valence-electron chi connectivity index (χ1n) is 17.4. The number of ether oxygens (including phenoxy) is 6. The Balaban J connectivity index is 1.35. The number of methoxy groups -OCH3 is 2. The molecule has 4 rings (SSSR count). The van der Waals surface area contributed by atoms with E-state index in [4.69, 9.17) is 28.4 Å². The molecule has 10 heteroatoms. The zero-order valence-corrected chi connectivity index (χ0v) is 30.4. The van der Waals surface area contributed by atoms with Gasteiger partial charge in [-0.15, -0.1) is 0 Å². The molecule has 1 fully saturated rings. The molecule has 3 atom stereocenters. The van der Waals surface area contributed by atoms with Crippen molar-refractivity contribution in [2.45, 2.75) is 83.8 Å². The first-order valence-corrected chi connectivity index (χ1v) is 17.4. The van der Waals surface area contributed by atoms with Crippen LogP contribution in [0.15, 0.2) is 72.8 Å². The lowest BCUT2D eigenvalue weighted by Crippen LogP contribution is -2.48. The minimum atomic E-state index is -0.587. The number of piperidine rings is 1. The molecule has 0 spiro atoms. The molecule has 3 aromatic carbocycles. The molecule has 0 radical (unpaired) electrons. The summed E-state index contributed by atoms with van der Waals surface area (Å²) in [5.74, 6) is 1.75. The van der Waals surface area contributed by atoms with Crippen molar-refractivity contribution in [3.63, 3.8) is 0 Å². The Bertz CT molecular complexity index is 1490. The highest BCUT2D eigenvalue weighted by Gasteiger charge is 2.35. The van der Waals surface area contributed by atoms with E-state index in [-0.39, 0.29) is 29.9 Å². The first kappa shape index (κ1) is 38.7. The molecule has 0 aromatic heterocycles. The van der Waals surface area contributed by atoms with Crippen LogP contribution in [-0.2, 0) is 37.0 Å². The Morgan fingerprint density at radius 1 is 0.940 bits per heavy atom. The van der Waals surface area contributed by atoms with Gasteiger partial charge in [-0.25, -0.2) is 4.79 Å². The van der Waals surface area contributed by atoms with Crippen LogP contribution in [0.2, 0.25) is 0 Å². The lowest BCUT2D eigenvalue weighted by atomic mass is 9.87. The summed E-state index contributed by atoms with van der Waals surface area (Å²) in [6.45, 7) is 10.6. The number of hydrogen-bond donors (Lipinski definition) is 1. The standard InChI is InChI=1S/C40H54N2O8/c1-29(43)36(20-24-45-5)41-33-13-9-11-30(25-33)27-49-38-26-42(39(44)50-40(2,3)4)21-19-35(38)31-15-17-34(18-16-31)48-23-10-22-47-28-32-12-7-8-14-37(32)46-6/h7-9,11-18,25,35-36,38,41H,10,19-24,26-28H2,1-6H3. The normalized spacial score (nSPS) is 16.8. The van der Waals surface area contributed by atoms with E-state index >= 15 is 0 Å². The lowest BCUT2D eigenvalue weighted by molar-refractivity contribution is -0.118. The molecule has 0 aliphatic carbocycles. The van der Waals surface area contributed by atoms with Gasteiger partial charge in [0.25, 0.3) is 0 Å². The van der Waals surface area contributed by atoms with Crippen LogP contribution in [-0.4, -0.2) is 81.7 Å². The Morgan fingerprint density at radius 3 is 2.44 bits per heavy atom. The van der Waals surface area contributed by atoms with Crippen molar-refractivity contribution in [1.82, 2.24) is 4.90 Å². The number of benzene rings is 3. The Hall–Kier alpha value is -4.12. The van der Waals surface area contributed by atoms with E-state index in [0.717, 1.165) is 46.7 Å². The van der Waals surface area contributed by atoms with Gasteiger partial charge < -0.3 is 38.6 Å². The number of carbonyl (C=O) groups excluding carboxylic acids is 2. The summed E-state index contributed by atoms with van der Waals surface area (Å²) in [5, 5.41) is 3.33. The fraction of sp³-hybridized carbons (Fsp3) is 0.500. The quantitative estimate of drug-likeness (QED) is 0.137. The monoisotopic (exact) mass is 690 g/mol. The molecule has 1 amide bonds. The van der Waals surface area contributed by atoms with Gasteiger partial charge in [-0.3, -0.25) is 4.79 Å². The molecular weight excluding hydrogens is 636 g/mol. The van der Waals surface area contributed by atoms with E-state index in [1.54, 1.807) is 26.0 Å². The number of rotatable bonds is 18. The summed E-state index contributed by atoms with van der Waals surface area (Å²) >= 11 is 0. The molecule has 1 heterocycles. The van der Waals surface area contributed by atoms with E-state index in [1.807, 2.05) is 81.4 Å². The van der Waals surface area contributed by atoms with Gasteiger partial charge in [0.05, 0.1) is 52.2 Å². The molecule has 0 saturated carbocycles. The maximum Gasteiger partial charge on any atom is 0.410 e. The molecule has 3 aromatic rings. The zero-order chi connectivity index (χ0) is 35.9. The largest absolute Gasteiger partial charge is 0.496 e. The average Bonchev–Trinajstić information content (AvgIpc) is 3.10. The molecule has 272 valence electrons. The SMILES string of the molecule is COCCC(Nc1cccc(COC2CN(C(=O)OC(C)(C)C)CCC2c2ccc(OCCCOCc3ccccc3OC)cc2)c1)C(C)=O. The van der Waals surface area contributed by atoms with Gasteiger partial charge in [0.1, 0.15) is 17.1 Å². The molecule has 1 aliphatic heterocycles. The van der Waals surface area contributed by atoms with Crippen molar-refractivity contribution < 1.29 is 38.0 Å². The molecule has 3 unspecified atom stereocenters. The number of anilines is 1. The van der Waals surface area contributed by atoms with Gasteiger partial charge in [0, 0.05) is 43.9 Å². The number of para-hydroxylation sites is 1. The highest BCUT2D eigenvalue weighted by Crippen LogP contribution is 2.33. The van der Waals surface area contributed by atoms with Crippen molar-refractivity contribution >= 4 is 17.6 Å². The lowest BCUT2D eigenvalue weighted by Gasteiger charge is -2.39. The Kier molecular flexibility index (Phi) is 14.9. The van der Waals surface area contributed by atoms with Crippen molar-refractivity contribution in [1.29, 1.82) is 0 Å². The molecule has 10 nitrogen and oxygen atoms in total. The van der Waals surface area contributed by atoms with Crippen LogP contribution in [0.5, 0.6) is 11.5 Å². The van der Waals surface area contributed by atoms with Crippen LogP contribution >= 0.6 is 0 Å². The predicted molar refractivity (Wildman–Crippen MR) is 194 cm³/mol. The van der Waals surface area contributed by atoms with Gasteiger partial charge in [-0.1, -0.05) is 42.5 Å². The Morgan fingerprint density at radius 2 is 1.72 bits per heavy atom. The van der Waals surface area contributed by atoms with Crippen LogP contribution in [0, 0.1) is 0 Å². The third-order valence-electron chi connectivity index (χ3n) is 8.50. The summed E-state index contributed by atoms with van der Waals surface area (Å²) in [4.78, 5) is 27.0. The fourth-order valence-corrected chi connectivity index (χ4v) is 5.89. The van der Waals surface area contributed by atoms with Gasteiger partial charge >= 0.3 is 6.09 Å². The minimum Gasteiger partial charge on any atom is -0.496 e. The summed E-state index contributed by atoms with van der Waals surface area (Å²) in [5.41, 5.74) is 3.37. The number of likely N-dealkylation sites (tertiary alicyclic amines) is 1. The molecular formula is C40H54N2O8. The second kappa shape index (κ2) is 19.3. The molecule has 50 heavy (non-hydrogen) atoms. The zero-order valence-electron chi connectivity index (χ0n) is 30.4. The highest BCUT2D eigenvalue weighted by molar-refractivity contribution is 5.84. The number of hydrogen-bond acceptors (Lipinski definition) is 9. The smallest absolute Gasteiger partial charge is 0.410 e. The number of ketones is 1. The summed E-state index contributed by atoms with van der Waals surface area (Å²) in [6, 6.07) is 23.6. The second-order valence-corrected chi connectivity index (χ2v) is 13.6. The number of amides is 1. The van der Waals surface area contributed by atoms with E-state index in [9.17, 15) is 9.59 Å². The van der Waals surface area contributed by atoms with Crippen LogP contribution in [0.1, 0.15) is 69.6 Å². The highest BCUT2D eigenvalue weighted by atomic mass is 16.6. The van der Waals surface area contributed by atoms with Gasteiger partial charge in [0.2, 0.25) is 0 Å². The first-order chi connectivity index (χ1) is 24.1. The van der Waals surface area contributed by atoms with Crippen molar-refractivity contribution in [3.8, 4) is 11.5 Å². The van der Waals surface area contributed by atoms with Crippen LogP contribution in [0.3, 0.4) is 0 Å². The van der Waals surface area contributed by atoms with Gasteiger partial charge in [-0.2, -0.15) is 0 Å². The topological polar surface area (TPSA) is 105 Å². The van der Waals surface area contributed by atoms with Crippen molar-refractivity contribution in [3.05, 3.63) is 89.5 Å². The van der Waals surface area contributed by atoms with Crippen LogP contribution in [0.25, 0.3) is 0 Å². The van der Waals surface area contributed by atoms with Crippen molar-refractivity contribution in [2.75, 3.05) is 52.4 Å². The summed E-state index contributed by atoms with van der Waals surface area (Å²) < 4.78 is 34.7. The minimum absolute atomic E-state index is 0.0571. The Labute approximate surface area is 297 Å². The number of nitrogens with zero attached hydrogens (tertiary/aromatic N) is 1. The number of carbonyl (C=O) groups is 2. The average molecular weight is 691 g/mol. The maximum absolute atomic E-state index is 13.0. The molecule has 1 aliphatic rings. The summed E-state index contributed by atoms with van der Waals surface area (Å²) in [6.07, 6.45) is 1.48. The van der Waals surface area contributed by atoms with E-state index < -0.39 is 5.60 Å². The maximum atomic E-state index is 13.0. The predicted octanol–water partition coefficient (Wildman–Crippen LogP) is 7.40. The van der Waals surface area contributed by atoms with Crippen LogP contribution in [0.4, 0.5) is 10.5 Å². The third kappa shape index (κ3) is 12.3. The van der Waals surface area contributed by atoms with Crippen molar-refractivity contribution in [2.24, 2.45) is 0 Å². The summed E-state index contributed by atoms with van der Waals surface area (Å²) in [7, 11) is 3.29.